The summed E-state index contributed by atoms with van der Waals surface area (Å²) in [5.41, 5.74) is 1.82. The summed E-state index contributed by atoms with van der Waals surface area (Å²) in [5, 5.41) is 14.9. The number of nitrogens with zero attached hydrogens (tertiary/aromatic N) is 2. The normalized spacial score (nSPS) is 18.9. The molecule has 138 valence electrons. The van der Waals surface area contributed by atoms with Gasteiger partial charge in [0.1, 0.15) is 6.07 Å². The second-order valence-corrected chi connectivity index (χ2v) is 6.73. The van der Waals surface area contributed by atoms with E-state index in [9.17, 15) is 9.59 Å². The van der Waals surface area contributed by atoms with Gasteiger partial charge < -0.3 is 10.6 Å². The minimum absolute atomic E-state index is 0.0225. The van der Waals surface area contributed by atoms with Gasteiger partial charge in [-0.3, -0.25) is 14.6 Å². The van der Waals surface area contributed by atoms with Crippen molar-refractivity contribution in [3.8, 4) is 6.07 Å². The summed E-state index contributed by atoms with van der Waals surface area (Å²) in [6, 6.07) is 14.7. The molecule has 1 aromatic heterocycles. The highest BCUT2D eigenvalue weighted by Gasteiger charge is 2.30. The van der Waals surface area contributed by atoms with Crippen LogP contribution in [0.15, 0.2) is 48.7 Å². The summed E-state index contributed by atoms with van der Waals surface area (Å²) in [6.45, 7) is 0.422. The molecule has 2 N–H and O–H groups in total. The van der Waals surface area contributed by atoms with Crippen molar-refractivity contribution in [2.45, 2.75) is 32.2 Å². The van der Waals surface area contributed by atoms with E-state index in [2.05, 4.69) is 21.7 Å². The summed E-state index contributed by atoms with van der Waals surface area (Å²) in [4.78, 5) is 29.0. The van der Waals surface area contributed by atoms with Crippen LogP contribution < -0.4 is 10.6 Å². The van der Waals surface area contributed by atoms with Crippen LogP contribution >= 0.6 is 0 Å². The van der Waals surface area contributed by atoms with Crippen LogP contribution in [0.3, 0.4) is 0 Å². The number of aromatic nitrogens is 1. The quantitative estimate of drug-likeness (QED) is 0.855. The Morgan fingerprint density at radius 3 is 2.33 bits per heavy atom. The van der Waals surface area contributed by atoms with Crippen molar-refractivity contribution < 1.29 is 9.59 Å². The highest BCUT2D eigenvalue weighted by atomic mass is 16.2. The van der Waals surface area contributed by atoms with Crippen molar-refractivity contribution in [3.05, 3.63) is 59.9 Å². The number of carbonyl (C=O) groups is 2. The molecule has 1 aliphatic rings. The second kappa shape index (κ2) is 8.95. The Labute approximate surface area is 158 Å². The summed E-state index contributed by atoms with van der Waals surface area (Å²) >= 11 is 0. The first-order valence-corrected chi connectivity index (χ1v) is 9.15. The van der Waals surface area contributed by atoms with Gasteiger partial charge in [-0.1, -0.05) is 18.2 Å². The summed E-state index contributed by atoms with van der Waals surface area (Å²) in [7, 11) is 0. The molecule has 0 atom stereocenters. The number of nitrogens with one attached hydrogen (secondary N) is 2. The van der Waals surface area contributed by atoms with Crippen molar-refractivity contribution in [3.63, 3.8) is 0 Å². The largest absolute Gasteiger partial charge is 0.350 e. The molecular formula is C21H22N4O2. The first-order chi connectivity index (χ1) is 13.2. The molecule has 1 saturated carbocycles. The van der Waals surface area contributed by atoms with Crippen molar-refractivity contribution in [2.24, 2.45) is 11.8 Å². The van der Waals surface area contributed by atoms with Crippen LogP contribution in [0.1, 0.15) is 36.9 Å². The number of pyridine rings is 1. The van der Waals surface area contributed by atoms with Gasteiger partial charge in [-0.15, -0.1) is 0 Å². The van der Waals surface area contributed by atoms with Crippen LogP contribution in [0.4, 0.5) is 5.69 Å². The number of amides is 2. The molecule has 0 bridgehead atoms. The molecule has 1 aromatic carbocycles. The van der Waals surface area contributed by atoms with Gasteiger partial charge in [0.2, 0.25) is 11.8 Å². The van der Waals surface area contributed by atoms with Gasteiger partial charge in [0, 0.05) is 18.0 Å². The number of anilines is 1. The van der Waals surface area contributed by atoms with Crippen LogP contribution in [0.5, 0.6) is 0 Å². The van der Waals surface area contributed by atoms with Gasteiger partial charge in [-0.05, 0) is 49.9 Å². The predicted octanol–water partition coefficient (Wildman–Crippen LogP) is 3.01. The van der Waals surface area contributed by atoms with E-state index in [0.29, 0.717) is 43.5 Å². The highest BCUT2D eigenvalue weighted by molar-refractivity contribution is 5.94. The van der Waals surface area contributed by atoms with E-state index in [1.54, 1.807) is 30.5 Å². The van der Waals surface area contributed by atoms with E-state index in [-0.39, 0.29) is 23.7 Å². The number of rotatable bonds is 5. The topological polar surface area (TPSA) is 94.9 Å². The van der Waals surface area contributed by atoms with E-state index in [1.807, 2.05) is 18.2 Å². The van der Waals surface area contributed by atoms with Crippen molar-refractivity contribution in [1.82, 2.24) is 10.3 Å². The van der Waals surface area contributed by atoms with E-state index in [4.69, 9.17) is 5.26 Å². The molecule has 0 radical (unpaired) electrons. The van der Waals surface area contributed by atoms with Crippen LogP contribution in [-0.2, 0) is 16.1 Å². The maximum absolute atomic E-state index is 12.5. The predicted molar refractivity (Wildman–Crippen MR) is 101 cm³/mol. The third kappa shape index (κ3) is 4.91. The number of carbonyl (C=O) groups excluding carboxylic acids is 2. The first-order valence-electron chi connectivity index (χ1n) is 9.15. The molecule has 27 heavy (non-hydrogen) atoms. The monoisotopic (exact) mass is 362 g/mol. The molecule has 2 aromatic rings. The van der Waals surface area contributed by atoms with Gasteiger partial charge in [-0.25, -0.2) is 0 Å². The Hall–Kier alpha value is -3.20. The number of hydrogen-bond donors (Lipinski definition) is 2. The fourth-order valence-corrected chi connectivity index (χ4v) is 3.37. The van der Waals surface area contributed by atoms with Crippen LogP contribution in [0.25, 0.3) is 0 Å². The zero-order valence-corrected chi connectivity index (χ0v) is 15.0. The molecule has 3 rings (SSSR count). The molecule has 6 heteroatoms. The lowest BCUT2D eigenvalue weighted by molar-refractivity contribution is -0.128. The Bertz CT molecular complexity index is 837. The zero-order valence-electron chi connectivity index (χ0n) is 15.0. The maximum atomic E-state index is 12.5. The molecular weight excluding hydrogens is 340 g/mol. The third-order valence-electron chi connectivity index (χ3n) is 4.94. The molecule has 0 unspecified atom stereocenters. The Kier molecular flexibility index (Phi) is 6.16. The average molecular weight is 362 g/mol. The minimum Gasteiger partial charge on any atom is -0.350 e. The molecule has 1 heterocycles. The minimum atomic E-state index is -0.128. The summed E-state index contributed by atoms with van der Waals surface area (Å²) in [6.07, 6.45) is 4.41. The van der Waals surface area contributed by atoms with E-state index < -0.39 is 0 Å². The smallest absolute Gasteiger partial charge is 0.227 e. The van der Waals surface area contributed by atoms with Gasteiger partial charge in [-0.2, -0.15) is 5.26 Å². The molecule has 6 nitrogen and oxygen atoms in total. The van der Waals surface area contributed by atoms with Crippen LogP contribution in [-0.4, -0.2) is 16.8 Å². The molecule has 0 saturated heterocycles. The van der Waals surface area contributed by atoms with Crippen LogP contribution in [0, 0.1) is 23.2 Å². The standard InChI is InChI=1S/C21H22N4O2/c22-13-17-5-1-2-7-19(17)25-21(27)16-10-8-15(9-11-16)20(26)24-14-18-6-3-4-12-23-18/h1-7,12,15-16H,8-11,14H2,(H,24,26)(H,25,27). The first kappa shape index (κ1) is 18.6. The van der Waals surface area contributed by atoms with Gasteiger partial charge in [0.25, 0.3) is 0 Å². The molecule has 1 aliphatic carbocycles. The SMILES string of the molecule is N#Cc1ccccc1NC(=O)C1CCC(C(=O)NCc2ccccn2)CC1. The van der Waals surface area contributed by atoms with E-state index >= 15 is 0 Å². The van der Waals surface area contributed by atoms with E-state index in [1.165, 1.54) is 0 Å². The van der Waals surface area contributed by atoms with Gasteiger partial charge >= 0.3 is 0 Å². The lowest BCUT2D eigenvalue weighted by Crippen LogP contribution is -2.35. The molecule has 0 aliphatic heterocycles. The van der Waals surface area contributed by atoms with Crippen molar-refractivity contribution in [1.29, 1.82) is 5.26 Å². The average Bonchev–Trinajstić information content (AvgIpc) is 2.73. The summed E-state index contributed by atoms with van der Waals surface area (Å²) < 4.78 is 0. The second-order valence-electron chi connectivity index (χ2n) is 6.73. The van der Waals surface area contributed by atoms with Crippen molar-refractivity contribution >= 4 is 17.5 Å². The fraction of sp³-hybridized carbons (Fsp3) is 0.333. The molecule has 1 fully saturated rings. The number of nitriles is 1. The van der Waals surface area contributed by atoms with Crippen LogP contribution in [0.2, 0.25) is 0 Å². The third-order valence-corrected chi connectivity index (χ3v) is 4.94. The lowest BCUT2D eigenvalue weighted by Gasteiger charge is -2.27. The van der Waals surface area contributed by atoms with Gasteiger partial charge in [0.05, 0.1) is 23.5 Å². The Morgan fingerprint density at radius 1 is 1.00 bits per heavy atom. The van der Waals surface area contributed by atoms with Crippen molar-refractivity contribution in [2.75, 3.05) is 5.32 Å². The molecule has 2 amide bonds. The zero-order chi connectivity index (χ0) is 19.1. The van der Waals surface area contributed by atoms with Gasteiger partial charge in [0.15, 0.2) is 0 Å². The highest BCUT2D eigenvalue weighted by Crippen LogP contribution is 2.30. The summed E-state index contributed by atoms with van der Waals surface area (Å²) in [5.74, 6) is -0.250. The number of para-hydroxylation sites is 1. The lowest BCUT2D eigenvalue weighted by atomic mass is 9.81. The molecule has 0 spiro atoms. The van der Waals surface area contributed by atoms with E-state index in [0.717, 1.165) is 5.69 Å². The number of benzene rings is 1. The maximum Gasteiger partial charge on any atom is 0.227 e. The Morgan fingerprint density at radius 2 is 1.67 bits per heavy atom. The Balaban J connectivity index is 1.47. The number of hydrogen-bond acceptors (Lipinski definition) is 4. The fourth-order valence-electron chi connectivity index (χ4n) is 3.37.